The summed E-state index contributed by atoms with van der Waals surface area (Å²) in [5.41, 5.74) is 8.92. The normalized spacial score (nSPS) is 11.0. The lowest BCUT2D eigenvalue weighted by atomic mass is 10.2. The molecule has 0 aliphatic heterocycles. The largest absolute Gasteiger partial charge is 0.395 e. The highest BCUT2D eigenvalue weighted by atomic mass is 16.3. The maximum absolute atomic E-state index is 8.84. The second-order valence-corrected chi connectivity index (χ2v) is 4.53. The number of aliphatic hydroxyl groups excluding tert-OH is 1. The van der Waals surface area contributed by atoms with Gasteiger partial charge in [-0.2, -0.15) is 5.10 Å². The van der Waals surface area contributed by atoms with Crippen molar-refractivity contribution in [3.8, 4) is 11.4 Å². The highest BCUT2D eigenvalue weighted by molar-refractivity contribution is 5.72. The van der Waals surface area contributed by atoms with E-state index in [-0.39, 0.29) is 12.6 Å². The summed E-state index contributed by atoms with van der Waals surface area (Å²) < 4.78 is 1.69. The van der Waals surface area contributed by atoms with Gasteiger partial charge in [0.05, 0.1) is 17.8 Å². The minimum absolute atomic E-state index is 0.0521. The van der Waals surface area contributed by atoms with Crippen molar-refractivity contribution in [2.75, 3.05) is 24.2 Å². The minimum atomic E-state index is 0.0521. The Bertz CT molecular complexity index is 783. The van der Waals surface area contributed by atoms with E-state index in [0.717, 1.165) is 16.8 Å². The molecular formula is C13H15N7O. The lowest BCUT2D eigenvalue weighted by molar-refractivity contribution is 0.311. The number of fused-ring (bicyclic) bond motifs is 1. The number of rotatable bonds is 4. The van der Waals surface area contributed by atoms with Crippen LogP contribution in [0.2, 0.25) is 0 Å². The van der Waals surface area contributed by atoms with Crippen LogP contribution in [0, 0.1) is 6.92 Å². The lowest BCUT2D eigenvalue weighted by Gasteiger charge is -2.03. The van der Waals surface area contributed by atoms with E-state index >= 15 is 0 Å². The third-order valence-corrected chi connectivity index (χ3v) is 3.11. The van der Waals surface area contributed by atoms with Crippen LogP contribution in [-0.4, -0.2) is 42.8 Å². The molecule has 0 radical (unpaired) electrons. The molecular weight excluding hydrogens is 270 g/mol. The number of hydrogen-bond acceptors (Lipinski definition) is 7. The molecule has 3 rings (SSSR count). The van der Waals surface area contributed by atoms with Gasteiger partial charge in [-0.25, -0.2) is 19.5 Å². The lowest BCUT2D eigenvalue weighted by Crippen LogP contribution is -2.07. The molecule has 3 heterocycles. The van der Waals surface area contributed by atoms with Gasteiger partial charge in [-0.05, 0) is 13.0 Å². The van der Waals surface area contributed by atoms with Crippen LogP contribution in [0.5, 0.6) is 0 Å². The Labute approximate surface area is 120 Å². The molecule has 4 N–H and O–H groups in total. The number of nitrogens with one attached hydrogen (secondary N) is 1. The third kappa shape index (κ3) is 2.48. The average Bonchev–Trinajstić information content (AvgIpc) is 2.82. The molecule has 0 amide bonds. The highest BCUT2D eigenvalue weighted by Crippen LogP contribution is 2.24. The number of nitrogen functional groups attached to an aromatic ring is 1. The van der Waals surface area contributed by atoms with E-state index in [0.29, 0.717) is 18.1 Å². The molecule has 8 nitrogen and oxygen atoms in total. The SMILES string of the molecule is Cc1c(-c2ccnc(N)n2)nn2cnc(NCCO)cc12. The van der Waals surface area contributed by atoms with E-state index in [1.165, 1.54) is 0 Å². The zero-order valence-electron chi connectivity index (χ0n) is 11.5. The topological polar surface area (TPSA) is 114 Å². The first kappa shape index (κ1) is 13.3. The molecule has 0 unspecified atom stereocenters. The molecule has 0 bridgehead atoms. The predicted octanol–water partition coefficient (Wildman–Crippen LogP) is 0.481. The first-order valence-electron chi connectivity index (χ1n) is 6.47. The van der Waals surface area contributed by atoms with Crippen molar-refractivity contribution in [1.82, 2.24) is 24.6 Å². The van der Waals surface area contributed by atoms with Crippen LogP contribution in [0.15, 0.2) is 24.7 Å². The van der Waals surface area contributed by atoms with Crippen molar-refractivity contribution in [2.45, 2.75) is 6.92 Å². The summed E-state index contributed by atoms with van der Waals surface area (Å²) in [5, 5.41) is 16.3. The maximum Gasteiger partial charge on any atom is 0.220 e. The van der Waals surface area contributed by atoms with Gasteiger partial charge in [-0.15, -0.1) is 0 Å². The minimum Gasteiger partial charge on any atom is -0.395 e. The molecule has 0 aliphatic carbocycles. The van der Waals surface area contributed by atoms with E-state index < -0.39 is 0 Å². The zero-order chi connectivity index (χ0) is 14.8. The summed E-state index contributed by atoms with van der Waals surface area (Å²) in [4.78, 5) is 12.3. The van der Waals surface area contributed by atoms with Gasteiger partial charge in [0.15, 0.2) is 0 Å². The monoisotopic (exact) mass is 285 g/mol. The zero-order valence-corrected chi connectivity index (χ0v) is 11.5. The van der Waals surface area contributed by atoms with Crippen LogP contribution in [-0.2, 0) is 0 Å². The molecule has 3 aromatic heterocycles. The van der Waals surface area contributed by atoms with Crippen LogP contribution in [0.1, 0.15) is 5.56 Å². The Kier molecular flexibility index (Phi) is 3.36. The number of nitrogens with two attached hydrogens (primary N) is 1. The number of hydrogen-bond donors (Lipinski definition) is 3. The molecule has 108 valence electrons. The van der Waals surface area contributed by atoms with Crippen molar-refractivity contribution in [3.63, 3.8) is 0 Å². The van der Waals surface area contributed by atoms with Gasteiger partial charge in [-0.1, -0.05) is 0 Å². The van der Waals surface area contributed by atoms with Crippen molar-refractivity contribution >= 4 is 17.3 Å². The van der Waals surface area contributed by atoms with Gasteiger partial charge >= 0.3 is 0 Å². The number of aryl methyl sites for hydroxylation is 1. The molecule has 0 saturated carbocycles. The van der Waals surface area contributed by atoms with Gasteiger partial charge in [-0.3, -0.25) is 0 Å². The summed E-state index contributed by atoms with van der Waals surface area (Å²) >= 11 is 0. The third-order valence-electron chi connectivity index (χ3n) is 3.11. The molecule has 0 fully saturated rings. The second kappa shape index (κ2) is 5.33. The van der Waals surface area contributed by atoms with Crippen molar-refractivity contribution in [2.24, 2.45) is 0 Å². The van der Waals surface area contributed by atoms with Crippen LogP contribution < -0.4 is 11.1 Å². The number of nitrogens with zero attached hydrogens (tertiary/aromatic N) is 5. The first-order chi connectivity index (χ1) is 10.2. The van der Waals surface area contributed by atoms with Gasteiger partial charge < -0.3 is 16.2 Å². The van der Waals surface area contributed by atoms with E-state index in [1.807, 2.05) is 13.0 Å². The van der Waals surface area contributed by atoms with Crippen molar-refractivity contribution < 1.29 is 5.11 Å². The molecule has 8 heteroatoms. The predicted molar refractivity (Wildman–Crippen MR) is 78.7 cm³/mol. The Morgan fingerprint density at radius 2 is 2.24 bits per heavy atom. The van der Waals surface area contributed by atoms with Gasteiger partial charge in [0.2, 0.25) is 5.95 Å². The Morgan fingerprint density at radius 3 is 3.00 bits per heavy atom. The Hall–Kier alpha value is -2.74. The van der Waals surface area contributed by atoms with Crippen molar-refractivity contribution in [1.29, 1.82) is 0 Å². The fourth-order valence-electron chi connectivity index (χ4n) is 2.11. The number of aliphatic hydroxyl groups is 1. The molecule has 0 spiro atoms. The smallest absolute Gasteiger partial charge is 0.220 e. The Balaban J connectivity index is 2.07. The standard InChI is InChI=1S/C13H15N7O/c1-8-10-6-11(15-4-5-21)17-7-20(10)19-12(8)9-2-3-16-13(14)18-9/h2-3,6-7,15,21H,4-5H2,1H3,(H2,14,16,18). The summed E-state index contributed by atoms with van der Waals surface area (Å²) in [6.45, 7) is 2.47. The van der Waals surface area contributed by atoms with Crippen LogP contribution >= 0.6 is 0 Å². The van der Waals surface area contributed by atoms with Gasteiger partial charge in [0, 0.05) is 24.4 Å². The number of anilines is 2. The van der Waals surface area contributed by atoms with Gasteiger partial charge in [0.25, 0.3) is 0 Å². The van der Waals surface area contributed by atoms with E-state index in [2.05, 4.69) is 25.4 Å². The quantitative estimate of drug-likeness (QED) is 0.638. The van der Waals surface area contributed by atoms with Crippen LogP contribution in [0.3, 0.4) is 0 Å². The van der Waals surface area contributed by atoms with Crippen molar-refractivity contribution in [3.05, 3.63) is 30.2 Å². The van der Waals surface area contributed by atoms with E-state index in [4.69, 9.17) is 10.8 Å². The molecule has 0 saturated heterocycles. The summed E-state index contributed by atoms with van der Waals surface area (Å²) in [6, 6.07) is 3.65. The highest BCUT2D eigenvalue weighted by Gasteiger charge is 2.13. The fourth-order valence-corrected chi connectivity index (χ4v) is 2.11. The van der Waals surface area contributed by atoms with Crippen LogP contribution in [0.4, 0.5) is 11.8 Å². The Morgan fingerprint density at radius 1 is 1.38 bits per heavy atom. The summed E-state index contributed by atoms with van der Waals surface area (Å²) in [5.74, 6) is 0.903. The van der Waals surface area contributed by atoms with Gasteiger partial charge in [0.1, 0.15) is 17.8 Å². The fraction of sp³-hybridized carbons (Fsp3) is 0.231. The average molecular weight is 285 g/mol. The van der Waals surface area contributed by atoms with E-state index in [1.54, 1.807) is 23.1 Å². The van der Waals surface area contributed by atoms with Crippen LogP contribution in [0.25, 0.3) is 16.9 Å². The van der Waals surface area contributed by atoms with E-state index in [9.17, 15) is 0 Å². The molecule has 3 aromatic rings. The summed E-state index contributed by atoms with van der Waals surface area (Å²) in [7, 11) is 0. The maximum atomic E-state index is 8.84. The molecule has 0 aliphatic rings. The number of aromatic nitrogens is 5. The molecule has 0 atom stereocenters. The first-order valence-corrected chi connectivity index (χ1v) is 6.47. The summed E-state index contributed by atoms with van der Waals surface area (Å²) in [6.07, 6.45) is 3.23. The molecule has 21 heavy (non-hydrogen) atoms. The molecule has 0 aromatic carbocycles. The second-order valence-electron chi connectivity index (χ2n) is 4.53.